The van der Waals surface area contributed by atoms with Crippen LogP contribution in [0.3, 0.4) is 0 Å². The van der Waals surface area contributed by atoms with Gasteiger partial charge in [-0.3, -0.25) is 4.68 Å². The summed E-state index contributed by atoms with van der Waals surface area (Å²) in [6.45, 7) is 1.47. The minimum atomic E-state index is 0.0267. The third-order valence-corrected chi connectivity index (χ3v) is 4.05. The van der Waals surface area contributed by atoms with Gasteiger partial charge in [-0.25, -0.2) is 4.98 Å². The topological polar surface area (TPSA) is 103 Å². The zero-order valence-corrected chi connectivity index (χ0v) is 11.9. The van der Waals surface area contributed by atoms with Crippen molar-refractivity contribution in [2.45, 2.75) is 18.9 Å². The van der Waals surface area contributed by atoms with Gasteiger partial charge in [0.25, 0.3) is 0 Å². The van der Waals surface area contributed by atoms with Crippen LogP contribution < -0.4 is 5.73 Å². The molecular weight excluding hydrogens is 284 g/mol. The van der Waals surface area contributed by atoms with E-state index in [9.17, 15) is 5.11 Å². The molecule has 0 aromatic carbocycles. The molecule has 0 spiro atoms. The summed E-state index contributed by atoms with van der Waals surface area (Å²) >= 11 is 0. The van der Waals surface area contributed by atoms with Gasteiger partial charge in [0.1, 0.15) is 11.8 Å². The molecule has 1 fully saturated rings. The summed E-state index contributed by atoms with van der Waals surface area (Å²) in [5, 5.41) is 18.6. The highest BCUT2D eigenvalue weighted by molar-refractivity contribution is 5.87. The maximum absolute atomic E-state index is 10.1. The minimum absolute atomic E-state index is 0.0267. The Labute approximate surface area is 126 Å². The molecule has 1 aliphatic heterocycles. The van der Waals surface area contributed by atoms with Crippen molar-refractivity contribution in [1.29, 1.82) is 0 Å². The molecule has 4 rings (SSSR count). The van der Waals surface area contributed by atoms with Gasteiger partial charge in [-0.1, -0.05) is 0 Å². The molecule has 0 bridgehead atoms. The quantitative estimate of drug-likeness (QED) is 0.738. The van der Waals surface area contributed by atoms with Gasteiger partial charge in [-0.15, -0.1) is 0 Å². The number of aromatic nitrogens is 5. The van der Waals surface area contributed by atoms with E-state index in [0.717, 1.165) is 37.3 Å². The van der Waals surface area contributed by atoms with E-state index in [-0.39, 0.29) is 11.9 Å². The number of nitrogens with two attached hydrogens (primary N) is 1. The average Bonchev–Trinajstić information content (AvgIpc) is 3.14. The summed E-state index contributed by atoms with van der Waals surface area (Å²) in [6, 6.07) is 3.84. The fourth-order valence-electron chi connectivity index (χ4n) is 2.99. The maximum atomic E-state index is 10.1. The number of anilines is 1. The van der Waals surface area contributed by atoms with Crippen molar-refractivity contribution in [3.63, 3.8) is 0 Å². The van der Waals surface area contributed by atoms with Gasteiger partial charge in [0.15, 0.2) is 5.82 Å². The molecule has 0 aliphatic carbocycles. The molecule has 3 aromatic rings. The van der Waals surface area contributed by atoms with Gasteiger partial charge in [-0.05, 0) is 18.9 Å². The number of nitrogen functional groups attached to an aromatic ring is 1. The van der Waals surface area contributed by atoms with Crippen LogP contribution in [0.15, 0.2) is 24.7 Å². The number of fused-ring (bicyclic) bond motifs is 1. The molecular formula is C14H16N6O2. The van der Waals surface area contributed by atoms with Crippen molar-refractivity contribution in [3.8, 4) is 17.1 Å². The van der Waals surface area contributed by atoms with Crippen molar-refractivity contribution in [3.05, 3.63) is 24.7 Å². The van der Waals surface area contributed by atoms with E-state index < -0.39 is 0 Å². The predicted molar refractivity (Wildman–Crippen MR) is 79.4 cm³/mol. The summed E-state index contributed by atoms with van der Waals surface area (Å²) in [7, 11) is 0. The molecule has 22 heavy (non-hydrogen) atoms. The van der Waals surface area contributed by atoms with Gasteiger partial charge in [0.05, 0.1) is 11.7 Å². The highest BCUT2D eigenvalue weighted by Crippen LogP contribution is 2.35. The molecule has 4 heterocycles. The predicted octanol–water partition coefficient (Wildman–Crippen LogP) is 1.23. The number of hydrogen-bond acceptors (Lipinski definition) is 6. The number of nitrogens with zero attached hydrogens (tertiary/aromatic N) is 5. The summed E-state index contributed by atoms with van der Waals surface area (Å²) < 4.78 is 8.78. The Morgan fingerprint density at radius 3 is 2.91 bits per heavy atom. The molecule has 0 atom stereocenters. The zero-order valence-electron chi connectivity index (χ0n) is 11.9. The van der Waals surface area contributed by atoms with Crippen molar-refractivity contribution in [2.24, 2.45) is 0 Å². The lowest BCUT2D eigenvalue weighted by molar-refractivity contribution is 0.0667. The first-order valence-corrected chi connectivity index (χ1v) is 7.18. The van der Waals surface area contributed by atoms with Crippen molar-refractivity contribution in [2.75, 3.05) is 18.9 Å². The first-order chi connectivity index (χ1) is 10.8. The SMILES string of the molecule is Nc1ncnn2c(O)cc(-c3ccnn3C3CCOCC3)c12. The first-order valence-electron chi connectivity index (χ1n) is 7.18. The number of ether oxygens (including phenoxy) is 1. The van der Waals surface area contributed by atoms with Crippen LogP contribution in [0, 0.1) is 0 Å². The van der Waals surface area contributed by atoms with E-state index in [0.29, 0.717) is 11.3 Å². The largest absolute Gasteiger partial charge is 0.493 e. The Hall–Kier alpha value is -2.61. The van der Waals surface area contributed by atoms with Crippen LogP contribution in [0.4, 0.5) is 5.82 Å². The Kier molecular flexibility index (Phi) is 2.97. The summed E-state index contributed by atoms with van der Waals surface area (Å²) in [6.07, 6.45) is 4.91. The monoisotopic (exact) mass is 300 g/mol. The fraction of sp³-hybridized carbons (Fsp3) is 0.357. The number of hydrogen-bond donors (Lipinski definition) is 2. The molecule has 3 aromatic heterocycles. The van der Waals surface area contributed by atoms with Crippen molar-refractivity contribution < 1.29 is 9.84 Å². The van der Waals surface area contributed by atoms with Crippen molar-refractivity contribution in [1.82, 2.24) is 24.4 Å². The molecule has 8 heteroatoms. The summed E-state index contributed by atoms with van der Waals surface area (Å²) in [5.41, 5.74) is 8.24. The molecule has 8 nitrogen and oxygen atoms in total. The minimum Gasteiger partial charge on any atom is -0.493 e. The Bertz CT molecular complexity index is 818. The highest BCUT2D eigenvalue weighted by atomic mass is 16.5. The van der Waals surface area contributed by atoms with E-state index in [1.165, 1.54) is 10.8 Å². The summed E-state index contributed by atoms with van der Waals surface area (Å²) in [5.74, 6) is 0.351. The molecule has 0 amide bonds. The number of rotatable bonds is 2. The second kappa shape index (κ2) is 4.99. The van der Waals surface area contributed by atoms with Gasteiger partial charge in [0.2, 0.25) is 5.88 Å². The van der Waals surface area contributed by atoms with Gasteiger partial charge in [-0.2, -0.15) is 14.7 Å². The normalized spacial score (nSPS) is 16.4. The standard InChI is InChI=1S/C14H16N6O2/c15-14-13-10(7-12(21)20(13)18-8-16-14)11-1-4-17-19(11)9-2-5-22-6-3-9/h1,4,7-9,21H,2-3,5-6H2,(H2,15,16,18). The van der Waals surface area contributed by atoms with E-state index >= 15 is 0 Å². The lowest BCUT2D eigenvalue weighted by Crippen LogP contribution is -2.21. The average molecular weight is 300 g/mol. The van der Waals surface area contributed by atoms with E-state index in [1.807, 2.05) is 10.7 Å². The van der Waals surface area contributed by atoms with Crippen LogP contribution in [0.2, 0.25) is 0 Å². The summed E-state index contributed by atoms with van der Waals surface area (Å²) in [4.78, 5) is 4.02. The third-order valence-electron chi connectivity index (χ3n) is 4.05. The molecule has 0 radical (unpaired) electrons. The lowest BCUT2D eigenvalue weighted by Gasteiger charge is -2.24. The van der Waals surface area contributed by atoms with E-state index in [4.69, 9.17) is 10.5 Å². The van der Waals surface area contributed by atoms with E-state index in [1.54, 1.807) is 12.3 Å². The molecule has 1 saturated heterocycles. The van der Waals surface area contributed by atoms with E-state index in [2.05, 4.69) is 15.2 Å². The van der Waals surface area contributed by atoms with Crippen LogP contribution in [0.1, 0.15) is 18.9 Å². The second-order valence-corrected chi connectivity index (χ2v) is 5.33. The zero-order chi connectivity index (χ0) is 15.1. The van der Waals surface area contributed by atoms with Crippen LogP contribution in [-0.4, -0.2) is 42.7 Å². The van der Waals surface area contributed by atoms with Crippen LogP contribution in [-0.2, 0) is 4.74 Å². The molecule has 0 unspecified atom stereocenters. The van der Waals surface area contributed by atoms with Gasteiger partial charge < -0.3 is 15.6 Å². The third kappa shape index (κ3) is 1.92. The molecule has 1 aliphatic rings. The second-order valence-electron chi connectivity index (χ2n) is 5.33. The van der Waals surface area contributed by atoms with Crippen LogP contribution >= 0.6 is 0 Å². The molecule has 3 N–H and O–H groups in total. The fourth-order valence-corrected chi connectivity index (χ4v) is 2.99. The number of aromatic hydroxyl groups is 1. The van der Waals surface area contributed by atoms with Gasteiger partial charge >= 0.3 is 0 Å². The van der Waals surface area contributed by atoms with Crippen molar-refractivity contribution >= 4 is 11.3 Å². The Balaban J connectivity index is 1.88. The Morgan fingerprint density at radius 1 is 1.27 bits per heavy atom. The maximum Gasteiger partial charge on any atom is 0.213 e. The lowest BCUT2D eigenvalue weighted by atomic mass is 10.1. The Morgan fingerprint density at radius 2 is 2.09 bits per heavy atom. The van der Waals surface area contributed by atoms with Crippen LogP contribution in [0.5, 0.6) is 5.88 Å². The van der Waals surface area contributed by atoms with Crippen LogP contribution in [0.25, 0.3) is 16.8 Å². The smallest absolute Gasteiger partial charge is 0.213 e. The first kappa shape index (κ1) is 13.1. The van der Waals surface area contributed by atoms with Gasteiger partial charge in [0, 0.05) is 31.0 Å². The highest BCUT2D eigenvalue weighted by Gasteiger charge is 2.22. The molecule has 0 saturated carbocycles. The molecule has 114 valence electrons.